The van der Waals surface area contributed by atoms with Crippen LogP contribution in [0.3, 0.4) is 0 Å². The topological polar surface area (TPSA) is 30.5 Å². The van der Waals surface area contributed by atoms with E-state index in [0.717, 1.165) is 11.5 Å². The van der Waals surface area contributed by atoms with Crippen LogP contribution in [-0.2, 0) is 5.41 Å². The Bertz CT molecular complexity index is 772. The molecule has 2 aromatic carbocycles. The Labute approximate surface area is 150 Å². The molecule has 0 aromatic heterocycles. The predicted octanol–water partition coefficient (Wildman–Crippen LogP) is 4.75. The third kappa shape index (κ3) is 2.22. The van der Waals surface area contributed by atoms with Crippen LogP contribution < -0.4 is 14.8 Å². The standard InChI is InChI=1S/C19H20INO2/c1-19(2)13-9-11(20)7-8-15(13)21-17-12-5-4-6-16(22-3)18(12)23-10-14(17)19/h4-9,14,17,21H,10H2,1-3H3/t14-,17+/m0/s1. The molecule has 2 aliphatic rings. The first-order valence-corrected chi connectivity index (χ1v) is 8.96. The Hall–Kier alpha value is -1.43. The summed E-state index contributed by atoms with van der Waals surface area (Å²) in [6.45, 7) is 5.35. The van der Waals surface area contributed by atoms with Gasteiger partial charge in [0.25, 0.3) is 0 Å². The van der Waals surface area contributed by atoms with Crippen LogP contribution >= 0.6 is 22.6 Å². The lowest BCUT2D eigenvalue weighted by Crippen LogP contribution is -2.46. The van der Waals surface area contributed by atoms with Gasteiger partial charge in [-0.25, -0.2) is 0 Å². The van der Waals surface area contributed by atoms with Gasteiger partial charge < -0.3 is 14.8 Å². The Morgan fingerprint density at radius 2 is 2.09 bits per heavy atom. The van der Waals surface area contributed by atoms with Gasteiger partial charge in [-0.1, -0.05) is 26.0 Å². The second kappa shape index (κ2) is 5.30. The average molecular weight is 421 g/mol. The molecule has 0 amide bonds. The summed E-state index contributed by atoms with van der Waals surface area (Å²) in [5.74, 6) is 2.08. The summed E-state index contributed by atoms with van der Waals surface area (Å²) in [6, 6.07) is 13.1. The summed E-state index contributed by atoms with van der Waals surface area (Å²) in [7, 11) is 1.69. The third-order valence-electron chi connectivity index (χ3n) is 5.29. The first-order chi connectivity index (χ1) is 11.0. The first-order valence-electron chi connectivity index (χ1n) is 7.88. The number of ether oxygens (including phenoxy) is 2. The molecule has 2 heterocycles. The molecule has 0 saturated heterocycles. The molecule has 0 unspecified atom stereocenters. The Morgan fingerprint density at radius 3 is 2.87 bits per heavy atom. The van der Waals surface area contributed by atoms with Crippen LogP contribution in [-0.4, -0.2) is 13.7 Å². The van der Waals surface area contributed by atoms with Crippen LogP contribution in [0.1, 0.15) is 31.0 Å². The van der Waals surface area contributed by atoms with Crippen molar-refractivity contribution in [3.63, 3.8) is 0 Å². The SMILES string of the molecule is COc1cccc2c1OC[C@H]1[C@@H]2Nc2ccc(I)cc2C1(C)C. The van der Waals surface area contributed by atoms with Crippen molar-refractivity contribution in [2.75, 3.05) is 19.0 Å². The van der Waals surface area contributed by atoms with Gasteiger partial charge in [0.1, 0.15) is 0 Å². The van der Waals surface area contributed by atoms with E-state index in [9.17, 15) is 0 Å². The molecule has 23 heavy (non-hydrogen) atoms. The molecular formula is C19H20INO2. The van der Waals surface area contributed by atoms with E-state index in [-0.39, 0.29) is 11.5 Å². The van der Waals surface area contributed by atoms with E-state index >= 15 is 0 Å². The molecule has 0 spiro atoms. The minimum atomic E-state index is 0.0488. The molecule has 4 rings (SSSR count). The maximum atomic E-state index is 6.13. The van der Waals surface area contributed by atoms with Crippen LogP contribution in [0.5, 0.6) is 11.5 Å². The highest BCUT2D eigenvalue weighted by Gasteiger charge is 2.46. The first kappa shape index (κ1) is 15.1. The molecular weight excluding hydrogens is 401 g/mol. The van der Waals surface area contributed by atoms with Gasteiger partial charge in [-0.2, -0.15) is 0 Å². The fourth-order valence-corrected chi connectivity index (χ4v) is 4.42. The van der Waals surface area contributed by atoms with Gasteiger partial charge >= 0.3 is 0 Å². The summed E-state index contributed by atoms with van der Waals surface area (Å²) >= 11 is 2.38. The fraction of sp³-hybridized carbons (Fsp3) is 0.368. The number of benzene rings is 2. The van der Waals surface area contributed by atoms with Crippen LogP contribution in [0.2, 0.25) is 0 Å². The lowest BCUT2D eigenvalue weighted by atomic mass is 9.65. The second-order valence-corrected chi connectivity index (χ2v) is 8.08. The number of fused-ring (bicyclic) bond motifs is 4. The molecule has 0 radical (unpaired) electrons. The highest BCUT2D eigenvalue weighted by molar-refractivity contribution is 14.1. The van der Waals surface area contributed by atoms with Crippen molar-refractivity contribution in [3.8, 4) is 11.5 Å². The van der Waals surface area contributed by atoms with E-state index in [1.54, 1.807) is 7.11 Å². The minimum Gasteiger partial charge on any atom is -0.493 e. The maximum Gasteiger partial charge on any atom is 0.166 e. The monoisotopic (exact) mass is 421 g/mol. The number of rotatable bonds is 1. The molecule has 4 heteroatoms. The van der Waals surface area contributed by atoms with Gasteiger partial charge in [0.2, 0.25) is 0 Å². The summed E-state index contributed by atoms with van der Waals surface area (Å²) in [5.41, 5.74) is 3.85. The molecule has 120 valence electrons. The van der Waals surface area contributed by atoms with E-state index in [2.05, 4.69) is 66.0 Å². The van der Waals surface area contributed by atoms with Gasteiger partial charge in [0.15, 0.2) is 11.5 Å². The highest BCUT2D eigenvalue weighted by atomic mass is 127. The third-order valence-corrected chi connectivity index (χ3v) is 5.96. The number of hydrogen-bond donors (Lipinski definition) is 1. The van der Waals surface area contributed by atoms with Gasteiger partial charge in [-0.3, -0.25) is 0 Å². The summed E-state index contributed by atoms with van der Waals surface area (Å²) in [6.07, 6.45) is 0. The molecule has 0 bridgehead atoms. The van der Waals surface area contributed by atoms with Crippen molar-refractivity contribution < 1.29 is 9.47 Å². The molecule has 1 N–H and O–H groups in total. The molecule has 2 aromatic rings. The molecule has 3 nitrogen and oxygen atoms in total. The van der Waals surface area contributed by atoms with Crippen molar-refractivity contribution in [1.29, 1.82) is 0 Å². The summed E-state index contributed by atoms with van der Waals surface area (Å²) < 4.78 is 12.9. The van der Waals surface area contributed by atoms with Gasteiger partial charge in [0, 0.05) is 26.2 Å². The van der Waals surface area contributed by atoms with E-state index in [4.69, 9.17) is 9.47 Å². The second-order valence-electron chi connectivity index (χ2n) is 6.83. The minimum absolute atomic E-state index is 0.0488. The Morgan fingerprint density at radius 1 is 1.26 bits per heavy atom. The summed E-state index contributed by atoms with van der Waals surface area (Å²) in [4.78, 5) is 0. The zero-order chi connectivity index (χ0) is 16.2. The Balaban J connectivity index is 1.86. The number of nitrogens with one attached hydrogen (secondary N) is 1. The quantitative estimate of drug-likeness (QED) is 0.675. The zero-order valence-corrected chi connectivity index (χ0v) is 15.7. The highest BCUT2D eigenvalue weighted by Crippen LogP contribution is 2.53. The molecule has 0 aliphatic carbocycles. The smallest absolute Gasteiger partial charge is 0.166 e. The van der Waals surface area contributed by atoms with E-state index in [0.29, 0.717) is 12.5 Å². The molecule has 0 fully saturated rings. The van der Waals surface area contributed by atoms with Crippen LogP contribution in [0, 0.1) is 9.49 Å². The number of hydrogen-bond acceptors (Lipinski definition) is 3. The van der Waals surface area contributed by atoms with E-state index in [1.165, 1.54) is 20.4 Å². The van der Waals surface area contributed by atoms with Crippen molar-refractivity contribution in [2.24, 2.45) is 5.92 Å². The lowest BCUT2D eigenvalue weighted by molar-refractivity contribution is 0.131. The maximum absolute atomic E-state index is 6.13. The molecule has 2 atom stereocenters. The van der Waals surface area contributed by atoms with Crippen molar-refractivity contribution >= 4 is 28.3 Å². The fourth-order valence-electron chi connectivity index (χ4n) is 3.93. The lowest BCUT2D eigenvalue weighted by Gasteiger charge is -2.48. The summed E-state index contributed by atoms with van der Waals surface area (Å²) in [5, 5.41) is 3.75. The van der Waals surface area contributed by atoms with Gasteiger partial charge in [0.05, 0.1) is 19.8 Å². The van der Waals surface area contributed by atoms with Crippen molar-refractivity contribution in [3.05, 3.63) is 51.1 Å². The largest absolute Gasteiger partial charge is 0.493 e. The number of para-hydroxylation sites is 1. The van der Waals surface area contributed by atoms with Crippen molar-refractivity contribution in [2.45, 2.75) is 25.3 Å². The Kier molecular flexibility index (Phi) is 3.48. The van der Waals surface area contributed by atoms with Crippen LogP contribution in [0.25, 0.3) is 0 Å². The van der Waals surface area contributed by atoms with E-state index in [1.807, 2.05) is 12.1 Å². The normalized spacial score (nSPS) is 23.7. The van der Waals surface area contributed by atoms with Crippen LogP contribution in [0.15, 0.2) is 36.4 Å². The predicted molar refractivity (Wildman–Crippen MR) is 101 cm³/mol. The van der Waals surface area contributed by atoms with E-state index < -0.39 is 0 Å². The number of anilines is 1. The molecule has 2 aliphatic heterocycles. The average Bonchev–Trinajstić information content (AvgIpc) is 2.55. The zero-order valence-electron chi connectivity index (χ0n) is 13.5. The number of halogens is 1. The number of methoxy groups -OCH3 is 1. The van der Waals surface area contributed by atoms with Crippen LogP contribution in [0.4, 0.5) is 5.69 Å². The van der Waals surface area contributed by atoms with Crippen molar-refractivity contribution in [1.82, 2.24) is 0 Å². The molecule has 0 saturated carbocycles. The van der Waals surface area contributed by atoms with Gasteiger partial charge in [-0.05, 0) is 52.4 Å². The van der Waals surface area contributed by atoms with Gasteiger partial charge in [-0.15, -0.1) is 0 Å².